The fraction of sp³-hybridized carbons (Fsp3) is 0.779. The Morgan fingerprint density at radius 3 is 1.25 bits per heavy atom. The van der Waals surface area contributed by atoms with Crippen LogP contribution in [-0.4, -0.2) is 87.5 Å². The number of carbonyl (C=O) groups is 1. The molecule has 7 atom stereocenters. The molecular formula is C68H121NO8. The van der Waals surface area contributed by atoms with Crippen LogP contribution in [0.25, 0.3) is 0 Å². The lowest BCUT2D eigenvalue weighted by Crippen LogP contribution is -2.60. The van der Waals surface area contributed by atoms with Gasteiger partial charge in [0.2, 0.25) is 5.91 Å². The topological polar surface area (TPSA) is 149 Å². The van der Waals surface area contributed by atoms with Crippen molar-refractivity contribution < 1.29 is 39.8 Å². The molecule has 0 aromatic heterocycles. The van der Waals surface area contributed by atoms with E-state index in [1.165, 1.54) is 193 Å². The van der Waals surface area contributed by atoms with Crippen LogP contribution in [0, 0.1) is 0 Å². The van der Waals surface area contributed by atoms with Crippen LogP contribution in [0.1, 0.15) is 284 Å². The van der Waals surface area contributed by atoms with Crippen LogP contribution in [0.3, 0.4) is 0 Å². The number of carbonyl (C=O) groups excluding carboxylic acids is 1. The van der Waals surface area contributed by atoms with Crippen LogP contribution in [0.15, 0.2) is 85.1 Å². The molecule has 1 saturated heterocycles. The number of aliphatic hydroxyl groups is 5. The number of allylic oxidation sites excluding steroid dienone is 13. The van der Waals surface area contributed by atoms with E-state index in [4.69, 9.17) is 9.47 Å². The van der Waals surface area contributed by atoms with Gasteiger partial charge in [-0.25, -0.2) is 0 Å². The van der Waals surface area contributed by atoms with Gasteiger partial charge in [-0.05, 0) is 77.0 Å². The molecule has 0 aromatic carbocycles. The predicted octanol–water partition coefficient (Wildman–Crippen LogP) is 17.0. The summed E-state index contributed by atoms with van der Waals surface area (Å²) in [6, 6.07) is -0.826. The molecule has 1 aliphatic rings. The Morgan fingerprint density at radius 2 is 0.818 bits per heavy atom. The predicted molar refractivity (Wildman–Crippen MR) is 327 cm³/mol. The molecule has 77 heavy (non-hydrogen) atoms. The highest BCUT2D eigenvalue weighted by Crippen LogP contribution is 2.23. The molecule has 1 amide bonds. The number of unbranched alkanes of at least 4 members (excludes halogenated alkanes) is 33. The smallest absolute Gasteiger partial charge is 0.220 e. The van der Waals surface area contributed by atoms with Gasteiger partial charge in [0.1, 0.15) is 24.4 Å². The Morgan fingerprint density at radius 1 is 0.455 bits per heavy atom. The number of ether oxygens (including phenoxy) is 2. The highest BCUT2D eigenvalue weighted by atomic mass is 16.7. The normalized spacial score (nSPS) is 19.3. The Kier molecular flexibility index (Phi) is 53.2. The molecule has 7 unspecified atom stereocenters. The monoisotopic (exact) mass is 1080 g/mol. The number of hydrogen-bond donors (Lipinski definition) is 6. The van der Waals surface area contributed by atoms with E-state index in [9.17, 15) is 30.3 Å². The van der Waals surface area contributed by atoms with Crippen molar-refractivity contribution in [1.29, 1.82) is 0 Å². The van der Waals surface area contributed by atoms with Gasteiger partial charge in [0.05, 0.1) is 25.4 Å². The molecule has 0 saturated carbocycles. The third-order valence-corrected chi connectivity index (χ3v) is 15.0. The zero-order chi connectivity index (χ0) is 55.8. The van der Waals surface area contributed by atoms with E-state index in [1.54, 1.807) is 6.08 Å². The van der Waals surface area contributed by atoms with Gasteiger partial charge in [-0.15, -0.1) is 0 Å². The fourth-order valence-corrected chi connectivity index (χ4v) is 9.91. The summed E-state index contributed by atoms with van der Waals surface area (Å²) in [5, 5.41) is 54.6. The second kappa shape index (κ2) is 56.6. The minimum Gasteiger partial charge on any atom is -0.394 e. The van der Waals surface area contributed by atoms with Crippen LogP contribution in [0.2, 0.25) is 0 Å². The number of nitrogens with one attached hydrogen (secondary N) is 1. The quantitative estimate of drug-likeness (QED) is 0.0261. The van der Waals surface area contributed by atoms with Crippen LogP contribution in [-0.2, 0) is 14.3 Å². The first-order valence-corrected chi connectivity index (χ1v) is 32.3. The minimum absolute atomic E-state index is 0.186. The second-order valence-electron chi connectivity index (χ2n) is 22.2. The van der Waals surface area contributed by atoms with Gasteiger partial charge in [0.25, 0.3) is 0 Å². The number of amides is 1. The summed E-state index contributed by atoms with van der Waals surface area (Å²) in [6.07, 6.45) is 73.8. The van der Waals surface area contributed by atoms with E-state index in [0.29, 0.717) is 6.42 Å². The molecule has 0 spiro atoms. The molecule has 9 heteroatoms. The maximum absolute atomic E-state index is 13.1. The van der Waals surface area contributed by atoms with Crippen molar-refractivity contribution in [3.8, 4) is 0 Å². The third kappa shape index (κ3) is 45.8. The van der Waals surface area contributed by atoms with Gasteiger partial charge >= 0.3 is 0 Å². The van der Waals surface area contributed by atoms with Crippen LogP contribution >= 0.6 is 0 Å². The van der Waals surface area contributed by atoms with Gasteiger partial charge in [-0.2, -0.15) is 0 Å². The standard InChI is InChI=1S/C68H121NO8/c1-3-5-7-9-11-13-15-17-19-21-23-25-26-27-28-29-30-31-32-33-34-35-36-38-40-42-44-46-48-50-52-54-56-58-64(72)69-61(60-76-68-67(75)66(74)65(73)63(59-70)77-68)62(71)57-55-53-51-49-47-45-43-41-39-37-24-22-20-18-16-14-12-10-8-6-4-2/h5,7,11,13,17,19,23,25,27-28,47,49,55,57,61-63,65-68,70-71,73-75H,3-4,6,8-10,12,14-16,18,20-22,24,26,29-46,48,50-54,56,58-60H2,1-2H3,(H,69,72)/b7-5-,13-11-,19-17-,25-23-,28-27-,49-47+,57-55+. The molecule has 1 heterocycles. The molecule has 6 N–H and O–H groups in total. The maximum atomic E-state index is 13.1. The zero-order valence-corrected chi connectivity index (χ0v) is 49.7. The summed E-state index contributed by atoms with van der Waals surface area (Å²) in [5.74, 6) is -0.186. The number of aliphatic hydroxyl groups excluding tert-OH is 5. The van der Waals surface area contributed by atoms with Crippen molar-refractivity contribution in [3.05, 3.63) is 85.1 Å². The molecular weight excluding hydrogens is 959 g/mol. The van der Waals surface area contributed by atoms with E-state index in [-0.39, 0.29) is 12.5 Å². The lowest BCUT2D eigenvalue weighted by Gasteiger charge is -2.40. The lowest BCUT2D eigenvalue weighted by atomic mass is 9.99. The number of hydrogen-bond acceptors (Lipinski definition) is 8. The highest BCUT2D eigenvalue weighted by molar-refractivity contribution is 5.76. The van der Waals surface area contributed by atoms with Gasteiger partial charge in [-0.1, -0.05) is 285 Å². The summed E-state index contributed by atoms with van der Waals surface area (Å²) in [6.45, 7) is 3.67. The Hall–Kier alpha value is -2.63. The second-order valence-corrected chi connectivity index (χ2v) is 22.2. The van der Waals surface area contributed by atoms with Crippen LogP contribution in [0.4, 0.5) is 0 Å². The Bertz CT molecular complexity index is 1490. The first-order chi connectivity index (χ1) is 37.8. The van der Waals surface area contributed by atoms with Crippen molar-refractivity contribution in [2.24, 2.45) is 0 Å². The summed E-state index contributed by atoms with van der Waals surface area (Å²) in [5.41, 5.74) is 0. The maximum Gasteiger partial charge on any atom is 0.220 e. The Balaban J connectivity index is 2.16. The summed E-state index contributed by atoms with van der Waals surface area (Å²) < 4.78 is 11.3. The highest BCUT2D eigenvalue weighted by Gasteiger charge is 2.44. The molecule has 1 aliphatic heterocycles. The van der Waals surface area contributed by atoms with Crippen molar-refractivity contribution >= 4 is 5.91 Å². The summed E-state index contributed by atoms with van der Waals surface area (Å²) in [4.78, 5) is 13.1. The van der Waals surface area contributed by atoms with E-state index >= 15 is 0 Å². The first-order valence-electron chi connectivity index (χ1n) is 32.3. The van der Waals surface area contributed by atoms with E-state index in [1.807, 2.05) is 6.08 Å². The molecule has 9 nitrogen and oxygen atoms in total. The molecule has 0 aromatic rings. The largest absolute Gasteiger partial charge is 0.394 e. The molecule has 1 fully saturated rings. The fourth-order valence-electron chi connectivity index (χ4n) is 9.91. The Labute approximate surface area is 473 Å². The average molecular weight is 1080 g/mol. The number of rotatable bonds is 55. The van der Waals surface area contributed by atoms with Crippen molar-refractivity contribution in [2.75, 3.05) is 13.2 Å². The van der Waals surface area contributed by atoms with Gasteiger partial charge in [0.15, 0.2) is 6.29 Å². The summed E-state index contributed by atoms with van der Waals surface area (Å²) in [7, 11) is 0. The van der Waals surface area contributed by atoms with Gasteiger partial charge < -0.3 is 40.3 Å². The minimum atomic E-state index is -1.57. The van der Waals surface area contributed by atoms with Crippen molar-refractivity contribution in [2.45, 2.75) is 326 Å². The molecule has 0 bridgehead atoms. The lowest BCUT2D eigenvalue weighted by molar-refractivity contribution is -0.302. The van der Waals surface area contributed by atoms with E-state index < -0.39 is 49.5 Å². The zero-order valence-electron chi connectivity index (χ0n) is 49.7. The first kappa shape index (κ1) is 72.4. The summed E-state index contributed by atoms with van der Waals surface area (Å²) >= 11 is 0. The van der Waals surface area contributed by atoms with Gasteiger partial charge in [0, 0.05) is 6.42 Å². The molecule has 446 valence electrons. The molecule has 0 aliphatic carbocycles. The van der Waals surface area contributed by atoms with E-state index in [2.05, 4.69) is 92.1 Å². The van der Waals surface area contributed by atoms with E-state index in [0.717, 1.165) is 70.6 Å². The third-order valence-electron chi connectivity index (χ3n) is 15.0. The molecule has 0 radical (unpaired) electrons. The van der Waals surface area contributed by atoms with Crippen LogP contribution < -0.4 is 5.32 Å². The van der Waals surface area contributed by atoms with Gasteiger partial charge in [-0.3, -0.25) is 4.79 Å². The van der Waals surface area contributed by atoms with Crippen molar-refractivity contribution in [3.63, 3.8) is 0 Å². The van der Waals surface area contributed by atoms with Crippen LogP contribution in [0.5, 0.6) is 0 Å². The average Bonchev–Trinajstić information content (AvgIpc) is 3.43. The SMILES string of the molecule is CC/C=C\C/C=C\C/C=C\C/C=C\C/C=C\CCCCCCCCCCCCCCCCCCCC(=O)NC(COC1OC(CO)C(O)C(O)C1O)C(O)/C=C/CC/C=C/CCCCCCCCCCCCCCCCC. The van der Waals surface area contributed by atoms with Crippen molar-refractivity contribution in [1.82, 2.24) is 5.32 Å². The molecule has 1 rings (SSSR count).